The number of carbonyl (C=O) groups is 2. The fraction of sp³-hybridized carbons (Fsp3) is 0.920. The van der Waals surface area contributed by atoms with Gasteiger partial charge in [0.05, 0.1) is 25.9 Å². The van der Waals surface area contributed by atoms with Crippen LogP contribution >= 0.6 is 0 Å². The van der Waals surface area contributed by atoms with Crippen molar-refractivity contribution in [2.45, 2.75) is 107 Å². The first kappa shape index (κ1) is 34.7. The van der Waals surface area contributed by atoms with Gasteiger partial charge >= 0.3 is 0 Å². The molecule has 0 radical (unpaired) electrons. The van der Waals surface area contributed by atoms with Gasteiger partial charge in [-0.3, -0.25) is 9.59 Å². The number of hydrogen-bond donors (Lipinski definition) is 8. The van der Waals surface area contributed by atoms with Crippen molar-refractivity contribution in [2.75, 3.05) is 39.5 Å². The summed E-state index contributed by atoms with van der Waals surface area (Å²) in [6, 6.07) is 0. The van der Waals surface area contributed by atoms with Crippen LogP contribution in [-0.4, -0.2) is 153 Å². The molecule has 2 fully saturated rings. The minimum absolute atomic E-state index is 0.0105. The molecule has 2 heterocycles. The lowest BCUT2D eigenvalue weighted by Gasteiger charge is -2.39. The minimum Gasteiger partial charge on any atom is -0.394 e. The summed E-state index contributed by atoms with van der Waals surface area (Å²) < 4.78 is 21.8. The first-order chi connectivity index (χ1) is 19.0. The molecule has 2 saturated heterocycles. The van der Waals surface area contributed by atoms with Gasteiger partial charge in [-0.1, -0.05) is 0 Å². The third-order valence-corrected chi connectivity index (χ3v) is 6.93. The van der Waals surface area contributed by atoms with Gasteiger partial charge in [0.1, 0.15) is 42.7 Å². The number of unbranched alkanes of at least 4 members (excludes halogenated alkanes) is 1. The number of hydrogen-bond acceptors (Lipinski definition) is 13. The van der Waals surface area contributed by atoms with Gasteiger partial charge in [0.25, 0.3) is 0 Å². The maximum Gasteiger partial charge on any atom is 0.222 e. The molecule has 0 aromatic rings. The number of amides is 2. The third-order valence-electron chi connectivity index (χ3n) is 6.93. The maximum absolute atomic E-state index is 12.9. The molecule has 2 aliphatic heterocycles. The molecule has 2 rings (SSSR count). The summed E-state index contributed by atoms with van der Waals surface area (Å²) in [5.41, 5.74) is 0. The average molecular weight is 583 g/mol. The van der Waals surface area contributed by atoms with Gasteiger partial charge in [-0.25, -0.2) is 0 Å². The van der Waals surface area contributed by atoms with Crippen molar-refractivity contribution in [2.24, 2.45) is 0 Å². The fourth-order valence-corrected chi connectivity index (χ4v) is 4.46. The molecule has 8 N–H and O–H groups in total. The molecule has 15 heteroatoms. The number of carbonyl (C=O) groups excluding carboxylic acids is 2. The van der Waals surface area contributed by atoms with Crippen LogP contribution in [0.4, 0.5) is 0 Å². The smallest absolute Gasteiger partial charge is 0.222 e. The Morgan fingerprint density at radius 3 is 2.02 bits per heavy atom. The van der Waals surface area contributed by atoms with Crippen molar-refractivity contribution < 1.29 is 64.3 Å². The molecule has 0 unspecified atom stereocenters. The Balaban J connectivity index is 1.87. The predicted octanol–water partition coefficient (Wildman–Crippen LogP) is -3.44. The molecule has 40 heavy (non-hydrogen) atoms. The lowest BCUT2D eigenvalue weighted by atomic mass is 9.99. The lowest BCUT2D eigenvalue weighted by molar-refractivity contribution is -0.301. The zero-order valence-electron chi connectivity index (χ0n) is 23.1. The molecule has 0 saturated carbocycles. The normalized spacial score (nSPS) is 34.4. The van der Waals surface area contributed by atoms with Crippen LogP contribution in [0.1, 0.15) is 46.0 Å². The standard InChI is InChI=1S/C25H46N2O13/c1-3-26-16(29)7-4-5-8-17(30)27(10-12-38-24-22(35)20(33)18(31)14(2)39-24)9-6-11-37-25-23(36)21(34)19(32)15(13-28)40-25/h14-15,18-25,28,31-36H,3-13H2,1-2H3,(H,26,29)/t14-,15+,18+,19+,20+,21-,22-,23-,24+,25-/m0/s1. The van der Waals surface area contributed by atoms with E-state index in [0.717, 1.165) is 0 Å². The first-order valence-corrected chi connectivity index (χ1v) is 13.8. The van der Waals surface area contributed by atoms with Crippen LogP contribution < -0.4 is 5.32 Å². The summed E-state index contributed by atoms with van der Waals surface area (Å²) in [6.07, 6.45) is -11.3. The van der Waals surface area contributed by atoms with Crippen LogP contribution in [0.2, 0.25) is 0 Å². The van der Waals surface area contributed by atoms with E-state index in [0.29, 0.717) is 32.2 Å². The second-order valence-electron chi connectivity index (χ2n) is 10.0. The van der Waals surface area contributed by atoms with Crippen LogP contribution in [0.3, 0.4) is 0 Å². The molecular formula is C25H46N2O13. The average Bonchev–Trinajstić information content (AvgIpc) is 2.93. The molecule has 2 aliphatic rings. The summed E-state index contributed by atoms with van der Waals surface area (Å²) in [5.74, 6) is -0.292. The highest BCUT2D eigenvalue weighted by molar-refractivity contribution is 5.77. The van der Waals surface area contributed by atoms with Crippen LogP contribution in [0.15, 0.2) is 0 Å². The van der Waals surface area contributed by atoms with Crippen molar-refractivity contribution in [1.82, 2.24) is 10.2 Å². The summed E-state index contributed by atoms with van der Waals surface area (Å²) in [6.45, 7) is 3.58. The number of nitrogens with zero attached hydrogens (tertiary/aromatic N) is 1. The van der Waals surface area contributed by atoms with Gasteiger partial charge in [0.2, 0.25) is 11.8 Å². The molecule has 234 valence electrons. The Morgan fingerprint density at radius 1 is 0.775 bits per heavy atom. The molecule has 0 bridgehead atoms. The Bertz CT molecular complexity index is 760. The highest BCUT2D eigenvalue weighted by Crippen LogP contribution is 2.23. The van der Waals surface area contributed by atoms with Gasteiger partial charge in [-0.2, -0.15) is 0 Å². The van der Waals surface area contributed by atoms with Crippen LogP contribution in [0, 0.1) is 0 Å². The highest BCUT2D eigenvalue weighted by Gasteiger charge is 2.44. The van der Waals surface area contributed by atoms with E-state index in [1.54, 1.807) is 0 Å². The van der Waals surface area contributed by atoms with Crippen molar-refractivity contribution in [1.29, 1.82) is 0 Å². The Kier molecular flexibility index (Phi) is 15.1. The van der Waals surface area contributed by atoms with E-state index in [-0.39, 0.29) is 44.5 Å². The van der Waals surface area contributed by atoms with Gasteiger partial charge < -0.3 is 64.9 Å². The second kappa shape index (κ2) is 17.5. The van der Waals surface area contributed by atoms with Crippen LogP contribution in [-0.2, 0) is 28.5 Å². The van der Waals surface area contributed by atoms with E-state index in [2.05, 4.69) is 5.32 Å². The number of ether oxygens (including phenoxy) is 4. The van der Waals surface area contributed by atoms with Crippen LogP contribution in [0.5, 0.6) is 0 Å². The lowest BCUT2D eigenvalue weighted by Crippen LogP contribution is -2.59. The van der Waals surface area contributed by atoms with Crippen molar-refractivity contribution >= 4 is 11.8 Å². The van der Waals surface area contributed by atoms with Crippen LogP contribution in [0.25, 0.3) is 0 Å². The van der Waals surface area contributed by atoms with Gasteiger partial charge in [0, 0.05) is 32.5 Å². The van der Waals surface area contributed by atoms with E-state index in [1.807, 2.05) is 6.92 Å². The molecule has 0 spiro atoms. The van der Waals surface area contributed by atoms with Crippen molar-refractivity contribution in [3.05, 3.63) is 0 Å². The number of nitrogens with one attached hydrogen (secondary N) is 1. The fourth-order valence-electron chi connectivity index (χ4n) is 4.46. The molecule has 0 aliphatic carbocycles. The van der Waals surface area contributed by atoms with E-state index in [1.165, 1.54) is 11.8 Å². The minimum atomic E-state index is -1.56. The summed E-state index contributed by atoms with van der Waals surface area (Å²) in [7, 11) is 0. The topological polar surface area (TPSA) is 228 Å². The SMILES string of the molecule is CCNC(=O)CCCCC(=O)N(CCCO[C@H]1O[C@H](CO)[C@@H](O)[C@H](O)[C@@H]1O)CCO[C@@H]1O[C@@H](C)[C@@H](O)[C@@H](O)[C@@H]1O. The molecule has 15 nitrogen and oxygen atoms in total. The van der Waals surface area contributed by atoms with Gasteiger partial charge in [-0.05, 0) is 33.1 Å². The summed E-state index contributed by atoms with van der Waals surface area (Å²) in [4.78, 5) is 26.1. The second-order valence-corrected chi connectivity index (χ2v) is 10.0. The summed E-state index contributed by atoms with van der Waals surface area (Å²) >= 11 is 0. The first-order valence-electron chi connectivity index (χ1n) is 13.8. The third kappa shape index (κ3) is 10.1. The van der Waals surface area contributed by atoms with E-state index < -0.39 is 68.0 Å². The molecule has 0 aromatic carbocycles. The number of rotatable bonds is 16. The van der Waals surface area contributed by atoms with Gasteiger partial charge in [-0.15, -0.1) is 0 Å². The van der Waals surface area contributed by atoms with E-state index in [9.17, 15) is 45.3 Å². The van der Waals surface area contributed by atoms with Crippen molar-refractivity contribution in [3.63, 3.8) is 0 Å². The molecule has 10 atom stereocenters. The Labute approximate surface area is 233 Å². The maximum atomic E-state index is 12.9. The zero-order valence-corrected chi connectivity index (χ0v) is 23.1. The highest BCUT2D eigenvalue weighted by atomic mass is 16.7. The number of aliphatic hydroxyl groups excluding tert-OH is 7. The Morgan fingerprint density at radius 2 is 1.38 bits per heavy atom. The van der Waals surface area contributed by atoms with Gasteiger partial charge in [0.15, 0.2) is 12.6 Å². The number of aliphatic hydroxyl groups is 7. The predicted molar refractivity (Wildman–Crippen MR) is 136 cm³/mol. The Hall–Kier alpha value is -1.50. The molecular weight excluding hydrogens is 536 g/mol. The van der Waals surface area contributed by atoms with E-state index in [4.69, 9.17) is 18.9 Å². The monoisotopic (exact) mass is 582 g/mol. The largest absolute Gasteiger partial charge is 0.394 e. The van der Waals surface area contributed by atoms with E-state index >= 15 is 0 Å². The quantitative estimate of drug-likeness (QED) is 0.0830. The molecule has 2 amide bonds. The van der Waals surface area contributed by atoms with Crippen molar-refractivity contribution in [3.8, 4) is 0 Å². The zero-order chi connectivity index (χ0) is 29.8. The summed E-state index contributed by atoms with van der Waals surface area (Å²) in [5, 5.41) is 71.9. The molecule has 0 aromatic heterocycles.